The number of rotatable bonds is 4. The lowest BCUT2D eigenvalue weighted by molar-refractivity contribution is -0.119. The van der Waals surface area contributed by atoms with Crippen molar-refractivity contribution in [2.24, 2.45) is 0 Å². The van der Waals surface area contributed by atoms with Gasteiger partial charge in [0, 0.05) is 24.8 Å². The maximum Gasteiger partial charge on any atom is 0.405 e. The van der Waals surface area contributed by atoms with E-state index in [0.717, 1.165) is 0 Å². The van der Waals surface area contributed by atoms with Crippen LogP contribution in [0.4, 0.5) is 18.9 Å². The van der Waals surface area contributed by atoms with Crippen LogP contribution in [0.3, 0.4) is 0 Å². The monoisotopic (exact) mass is 316 g/mol. The molecule has 1 rings (SSSR count). The van der Waals surface area contributed by atoms with Gasteiger partial charge in [-0.3, -0.25) is 4.98 Å². The summed E-state index contributed by atoms with van der Waals surface area (Å²) in [5.41, 5.74) is 0.438. The van der Waals surface area contributed by atoms with E-state index in [4.69, 9.17) is 11.6 Å². The fourth-order valence-corrected chi connectivity index (χ4v) is 1.93. The van der Waals surface area contributed by atoms with Crippen LogP contribution in [0.5, 0.6) is 0 Å². The average molecular weight is 318 g/mol. The predicted molar refractivity (Wildman–Crippen MR) is 60.9 cm³/mol. The van der Waals surface area contributed by atoms with E-state index in [1.807, 2.05) is 0 Å². The van der Waals surface area contributed by atoms with Crippen LogP contribution in [0.15, 0.2) is 22.9 Å². The largest absolute Gasteiger partial charge is 0.405 e. The van der Waals surface area contributed by atoms with E-state index in [2.05, 4.69) is 20.9 Å². The first-order chi connectivity index (χ1) is 7.44. The van der Waals surface area contributed by atoms with E-state index in [-0.39, 0.29) is 12.4 Å². The summed E-state index contributed by atoms with van der Waals surface area (Å²) in [6.07, 6.45) is -1.36. The number of halogens is 5. The Bertz CT molecular complexity index is 346. The Balaban J connectivity index is 2.89. The van der Waals surface area contributed by atoms with Gasteiger partial charge in [-0.15, -0.1) is 11.6 Å². The molecule has 0 amide bonds. The summed E-state index contributed by atoms with van der Waals surface area (Å²) in [5.74, 6) is 0.130. The zero-order valence-corrected chi connectivity index (χ0v) is 10.5. The summed E-state index contributed by atoms with van der Waals surface area (Å²) < 4.78 is 37.5. The summed E-state index contributed by atoms with van der Waals surface area (Å²) in [6.45, 7) is -0.897. The van der Waals surface area contributed by atoms with Crippen molar-refractivity contribution < 1.29 is 13.2 Å². The molecule has 0 radical (unpaired) electrons. The molecule has 0 unspecified atom stereocenters. The third kappa shape index (κ3) is 4.17. The van der Waals surface area contributed by atoms with E-state index >= 15 is 0 Å². The fourth-order valence-electron chi connectivity index (χ4n) is 1.23. The molecule has 2 nitrogen and oxygen atoms in total. The summed E-state index contributed by atoms with van der Waals surface area (Å²) in [4.78, 5) is 4.96. The molecule has 1 heterocycles. The molecule has 0 aliphatic carbocycles. The number of hydrogen-bond acceptors (Lipinski definition) is 2. The molecule has 16 heavy (non-hydrogen) atoms. The number of nitrogens with zero attached hydrogens (tertiary/aromatic N) is 2. The molecule has 1 aromatic heterocycles. The molecule has 0 fully saturated rings. The van der Waals surface area contributed by atoms with Crippen molar-refractivity contribution in [3.05, 3.63) is 22.9 Å². The topological polar surface area (TPSA) is 16.1 Å². The number of pyridine rings is 1. The Kier molecular flexibility index (Phi) is 4.86. The van der Waals surface area contributed by atoms with Gasteiger partial charge in [-0.2, -0.15) is 13.2 Å². The van der Waals surface area contributed by atoms with Gasteiger partial charge >= 0.3 is 6.18 Å². The van der Waals surface area contributed by atoms with Crippen LogP contribution < -0.4 is 4.90 Å². The second-order valence-electron chi connectivity index (χ2n) is 3.05. The van der Waals surface area contributed by atoms with Crippen LogP contribution in [-0.2, 0) is 0 Å². The normalized spacial score (nSPS) is 11.6. The molecule has 0 spiro atoms. The molecule has 0 atom stereocenters. The molecule has 0 aliphatic rings. The Hall–Kier alpha value is -0.490. The van der Waals surface area contributed by atoms with Crippen LogP contribution in [0.25, 0.3) is 0 Å². The molecule has 0 saturated carbocycles. The van der Waals surface area contributed by atoms with Crippen molar-refractivity contribution in [2.75, 3.05) is 23.9 Å². The lowest BCUT2D eigenvalue weighted by Crippen LogP contribution is -2.35. The van der Waals surface area contributed by atoms with Gasteiger partial charge in [-0.25, -0.2) is 0 Å². The maximum absolute atomic E-state index is 12.3. The molecular formula is C9H9BrClF3N2. The first-order valence-electron chi connectivity index (χ1n) is 4.41. The van der Waals surface area contributed by atoms with Gasteiger partial charge in [0.25, 0.3) is 0 Å². The molecule has 0 saturated heterocycles. The Labute approximate surface area is 105 Å². The highest BCUT2D eigenvalue weighted by molar-refractivity contribution is 9.10. The van der Waals surface area contributed by atoms with Gasteiger partial charge in [0.1, 0.15) is 6.54 Å². The number of anilines is 1. The van der Waals surface area contributed by atoms with Gasteiger partial charge in [0.05, 0.1) is 10.2 Å². The lowest BCUT2D eigenvalue weighted by atomic mass is 10.3. The van der Waals surface area contributed by atoms with Gasteiger partial charge in [-0.1, -0.05) is 0 Å². The SMILES string of the molecule is FC(F)(F)CN(CCCl)c1ccncc1Br. The molecule has 0 N–H and O–H groups in total. The van der Waals surface area contributed by atoms with E-state index < -0.39 is 12.7 Å². The number of hydrogen-bond donors (Lipinski definition) is 0. The minimum absolute atomic E-state index is 0.129. The summed E-state index contributed by atoms with van der Waals surface area (Å²) >= 11 is 8.65. The molecular weight excluding hydrogens is 308 g/mol. The molecule has 7 heteroatoms. The highest BCUT2D eigenvalue weighted by Crippen LogP contribution is 2.27. The Morgan fingerprint density at radius 3 is 2.62 bits per heavy atom. The zero-order chi connectivity index (χ0) is 12.2. The standard InChI is InChI=1S/C9H9BrClF3N2/c10-7-5-15-3-1-8(7)16(4-2-11)6-9(12,13)14/h1,3,5H,2,4,6H2. The van der Waals surface area contributed by atoms with Crippen molar-refractivity contribution >= 4 is 33.2 Å². The molecule has 0 bridgehead atoms. The molecule has 1 aromatic rings. The van der Waals surface area contributed by atoms with Crippen LogP contribution in [0, 0.1) is 0 Å². The summed E-state index contributed by atoms with van der Waals surface area (Å²) in [6, 6.07) is 1.52. The lowest BCUT2D eigenvalue weighted by Gasteiger charge is -2.25. The first-order valence-corrected chi connectivity index (χ1v) is 5.74. The van der Waals surface area contributed by atoms with Gasteiger partial charge in [0.2, 0.25) is 0 Å². The summed E-state index contributed by atoms with van der Waals surface area (Å²) in [7, 11) is 0. The number of alkyl halides is 4. The van der Waals surface area contributed by atoms with Crippen molar-refractivity contribution in [3.63, 3.8) is 0 Å². The second kappa shape index (κ2) is 5.72. The Morgan fingerprint density at radius 2 is 2.12 bits per heavy atom. The van der Waals surface area contributed by atoms with Crippen LogP contribution in [0.2, 0.25) is 0 Å². The molecule has 0 aromatic carbocycles. The van der Waals surface area contributed by atoms with Crippen molar-refractivity contribution in [3.8, 4) is 0 Å². The molecule has 90 valence electrons. The van der Waals surface area contributed by atoms with Crippen molar-refractivity contribution in [2.45, 2.75) is 6.18 Å². The van der Waals surface area contributed by atoms with Gasteiger partial charge < -0.3 is 4.90 Å². The quantitative estimate of drug-likeness (QED) is 0.791. The van der Waals surface area contributed by atoms with E-state index in [9.17, 15) is 13.2 Å². The fraction of sp³-hybridized carbons (Fsp3) is 0.444. The molecule has 0 aliphatic heterocycles. The predicted octanol–water partition coefficient (Wildman–Crippen LogP) is 3.45. The van der Waals surface area contributed by atoms with Crippen molar-refractivity contribution in [1.29, 1.82) is 0 Å². The minimum atomic E-state index is -4.26. The first kappa shape index (κ1) is 13.6. The van der Waals surface area contributed by atoms with Crippen LogP contribution in [0.1, 0.15) is 0 Å². The second-order valence-corrected chi connectivity index (χ2v) is 4.29. The van der Waals surface area contributed by atoms with Gasteiger partial charge in [0.15, 0.2) is 0 Å². The zero-order valence-electron chi connectivity index (χ0n) is 8.14. The maximum atomic E-state index is 12.3. The third-order valence-corrected chi connectivity index (χ3v) is 2.60. The Morgan fingerprint density at radius 1 is 1.44 bits per heavy atom. The number of aromatic nitrogens is 1. The summed E-state index contributed by atoms with van der Waals surface area (Å²) in [5, 5.41) is 0. The van der Waals surface area contributed by atoms with E-state index in [0.29, 0.717) is 10.2 Å². The van der Waals surface area contributed by atoms with Gasteiger partial charge in [-0.05, 0) is 22.0 Å². The van der Waals surface area contributed by atoms with E-state index in [1.165, 1.54) is 23.4 Å². The van der Waals surface area contributed by atoms with Crippen LogP contribution in [-0.4, -0.2) is 30.1 Å². The smallest absolute Gasteiger partial charge is 0.360 e. The van der Waals surface area contributed by atoms with E-state index in [1.54, 1.807) is 0 Å². The third-order valence-electron chi connectivity index (χ3n) is 1.82. The van der Waals surface area contributed by atoms with Crippen LogP contribution >= 0.6 is 27.5 Å². The average Bonchev–Trinajstić information content (AvgIpc) is 2.16. The minimum Gasteiger partial charge on any atom is -0.360 e. The highest BCUT2D eigenvalue weighted by atomic mass is 79.9. The van der Waals surface area contributed by atoms with Crippen molar-refractivity contribution in [1.82, 2.24) is 4.98 Å². The highest BCUT2D eigenvalue weighted by Gasteiger charge is 2.31.